The van der Waals surface area contributed by atoms with Gasteiger partial charge in [0.15, 0.2) is 0 Å². The van der Waals surface area contributed by atoms with Crippen LogP contribution in [-0.4, -0.2) is 13.5 Å². The molecule has 0 aromatic heterocycles. The number of aryl methyl sites for hydroxylation is 1. The Balaban J connectivity index is 1.58. The normalized spacial score (nSPS) is 11.5. The highest BCUT2D eigenvalue weighted by atomic mass is 35.5. The van der Waals surface area contributed by atoms with E-state index in [2.05, 4.69) is 35.9 Å². The van der Waals surface area contributed by atoms with Gasteiger partial charge < -0.3 is 5.11 Å². The monoisotopic (exact) mass is 451 g/mol. The van der Waals surface area contributed by atoms with Crippen molar-refractivity contribution in [2.45, 2.75) is 24.7 Å². The van der Waals surface area contributed by atoms with Crippen LogP contribution in [0.3, 0.4) is 0 Å². The highest BCUT2D eigenvalue weighted by Crippen LogP contribution is 2.38. The Morgan fingerprint density at radius 1 is 0.839 bits per heavy atom. The molecule has 2 N–H and O–H groups in total. The molecule has 31 heavy (non-hydrogen) atoms. The van der Waals surface area contributed by atoms with Crippen molar-refractivity contribution in [1.29, 1.82) is 0 Å². The largest absolute Gasteiger partial charge is 0.506 e. The summed E-state index contributed by atoms with van der Waals surface area (Å²) in [5.74, 6) is -0.0727. The summed E-state index contributed by atoms with van der Waals surface area (Å²) in [6.45, 7) is 2.12. The summed E-state index contributed by atoms with van der Waals surface area (Å²) in [6, 6.07) is 23.7. The van der Waals surface area contributed by atoms with Gasteiger partial charge in [-0.3, -0.25) is 4.72 Å². The Morgan fingerprint density at radius 2 is 1.39 bits per heavy atom. The molecule has 4 nitrogen and oxygen atoms in total. The third kappa shape index (κ3) is 4.53. The number of benzene rings is 4. The number of sulfonamides is 1. The van der Waals surface area contributed by atoms with Crippen LogP contribution in [0.2, 0.25) is 5.02 Å². The molecule has 4 aromatic carbocycles. The van der Waals surface area contributed by atoms with E-state index < -0.39 is 10.0 Å². The Kier molecular flexibility index (Phi) is 5.90. The minimum Gasteiger partial charge on any atom is -0.506 e. The summed E-state index contributed by atoms with van der Waals surface area (Å²) >= 11 is 6.10. The smallest absolute Gasteiger partial charge is 0.261 e. The first kappa shape index (κ1) is 21.2. The van der Waals surface area contributed by atoms with Crippen LogP contribution >= 0.6 is 11.6 Å². The van der Waals surface area contributed by atoms with Crippen molar-refractivity contribution >= 4 is 38.1 Å². The van der Waals surface area contributed by atoms with E-state index in [-0.39, 0.29) is 15.7 Å². The zero-order valence-corrected chi connectivity index (χ0v) is 18.5. The quantitative estimate of drug-likeness (QED) is 0.345. The van der Waals surface area contributed by atoms with Gasteiger partial charge in [-0.15, -0.1) is 0 Å². The van der Waals surface area contributed by atoms with Crippen LogP contribution in [0.5, 0.6) is 5.75 Å². The summed E-state index contributed by atoms with van der Waals surface area (Å²) in [7, 11) is -3.82. The van der Waals surface area contributed by atoms with Crippen LogP contribution < -0.4 is 4.72 Å². The number of phenols is 1. The standard InChI is InChI=1S/C25H22ClNO3S/c1-2-17-7-9-18(10-8-17)15-19-11-13-20(14-12-19)31(29,30)27-24-16-23(26)25(28)22-6-4-3-5-21(22)24/h3-14,16,27-28H,2,15H2,1H3. The molecule has 0 saturated carbocycles. The number of fused-ring (bicyclic) bond motifs is 1. The molecule has 0 heterocycles. The maximum absolute atomic E-state index is 13.0. The van der Waals surface area contributed by atoms with Crippen molar-refractivity contribution in [3.63, 3.8) is 0 Å². The van der Waals surface area contributed by atoms with Gasteiger partial charge in [0.05, 0.1) is 15.6 Å². The molecule has 4 rings (SSSR count). The first-order chi connectivity index (χ1) is 14.9. The molecule has 0 atom stereocenters. The molecule has 0 radical (unpaired) electrons. The van der Waals surface area contributed by atoms with E-state index in [1.54, 1.807) is 36.4 Å². The Morgan fingerprint density at radius 3 is 2.00 bits per heavy atom. The van der Waals surface area contributed by atoms with Crippen molar-refractivity contribution in [2.24, 2.45) is 0 Å². The lowest BCUT2D eigenvalue weighted by Crippen LogP contribution is -2.13. The van der Waals surface area contributed by atoms with E-state index in [9.17, 15) is 13.5 Å². The van der Waals surface area contributed by atoms with Crippen LogP contribution in [0.15, 0.2) is 83.8 Å². The molecule has 0 saturated heterocycles. The van der Waals surface area contributed by atoms with Gasteiger partial charge in [-0.1, -0.05) is 79.2 Å². The molecule has 158 valence electrons. The average Bonchev–Trinajstić information content (AvgIpc) is 2.78. The highest BCUT2D eigenvalue weighted by molar-refractivity contribution is 7.92. The first-order valence-corrected chi connectivity index (χ1v) is 11.8. The SMILES string of the molecule is CCc1ccc(Cc2ccc(S(=O)(=O)Nc3cc(Cl)c(O)c4ccccc34)cc2)cc1. The van der Waals surface area contributed by atoms with Crippen molar-refractivity contribution in [2.75, 3.05) is 4.72 Å². The lowest BCUT2D eigenvalue weighted by atomic mass is 10.0. The molecule has 6 heteroatoms. The lowest BCUT2D eigenvalue weighted by Gasteiger charge is -2.13. The fourth-order valence-corrected chi connectivity index (χ4v) is 4.81. The minimum atomic E-state index is -3.82. The number of hydrogen-bond donors (Lipinski definition) is 2. The second-order valence-electron chi connectivity index (χ2n) is 7.40. The van der Waals surface area contributed by atoms with Gasteiger partial charge in [-0.05, 0) is 47.7 Å². The van der Waals surface area contributed by atoms with E-state index >= 15 is 0 Å². The lowest BCUT2D eigenvalue weighted by molar-refractivity contribution is 0.482. The Hall–Kier alpha value is -3.02. The summed E-state index contributed by atoms with van der Waals surface area (Å²) in [5, 5.41) is 11.3. The molecular weight excluding hydrogens is 430 g/mol. The number of nitrogens with one attached hydrogen (secondary N) is 1. The molecule has 0 aliphatic heterocycles. The minimum absolute atomic E-state index is 0.0727. The number of halogens is 1. The summed E-state index contributed by atoms with van der Waals surface area (Å²) < 4.78 is 28.5. The van der Waals surface area contributed by atoms with E-state index in [4.69, 9.17) is 11.6 Å². The molecular formula is C25H22ClNO3S. The van der Waals surface area contributed by atoms with Crippen LogP contribution in [0.4, 0.5) is 5.69 Å². The molecule has 0 aliphatic rings. The van der Waals surface area contributed by atoms with Crippen molar-refractivity contribution in [3.05, 3.63) is 101 Å². The summed E-state index contributed by atoms with van der Waals surface area (Å²) in [4.78, 5) is 0.158. The fourth-order valence-electron chi connectivity index (χ4n) is 3.53. The van der Waals surface area contributed by atoms with E-state index in [1.165, 1.54) is 17.2 Å². The molecule has 0 unspecified atom stereocenters. The third-order valence-corrected chi connectivity index (χ3v) is 6.96. The maximum atomic E-state index is 13.0. The highest BCUT2D eigenvalue weighted by Gasteiger charge is 2.18. The number of anilines is 1. The average molecular weight is 452 g/mol. The molecule has 0 amide bonds. The van der Waals surface area contributed by atoms with Crippen LogP contribution in [0.25, 0.3) is 10.8 Å². The van der Waals surface area contributed by atoms with Crippen LogP contribution in [0, 0.1) is 0 Å². The Bertz CT molecular complexity index is 1330. The molecule has 0 spiro atoms. The van der Waals surface area contributed by atoms with Gasteiger partial charge in [0.1, 0.15) is 5.75 Å². The van der Waals surface area contributed by atoms with Gasteiger partial charge >= 0.3 is 0 Å². The Labute approximate surface area is 187 Å². The summed E-state index contributed by atoms with van der Waals surface area (Å²) in [5.41, 5.74) is 3.81. The number of rotatable bonds is 6. The topological polar surface area (TPSA) is 66.4 Å². The zero-order chi connectivity index (χ0) is 22.0. The third-order valence-electron chi connectivity index (χ3n) is 5.29. The van der Waals surface area contributed by atoms with Crippen molar-refractivity contribution < 1.29 is 13.5 Å². The fraction of sp³-hybridized carbons (Fsp3) is 0.120. The second-order valence-corrected chi connectivity index (χ2v) is 9.49. The number of phenolic OH excluding ortho intramolecular Hbond substituents is 1. The van der Waals surface area contributed by atoms with Gasteiger partial charge in [0.2, 0.25) is 0 Å². The number of hydrogen-bond acceptors (Lipinski definition) is 3. The van der Waals surface area contributed by atoms with Crippen LogP contribution in [0.1, 0.15) is 23.6 Å². The predicted molar refractivity (Wildman–Crippen MR) is 126 cm³/mol. The van der Waals surface area contributed by atoms with E-state index in [1.807, 2.05) is 12.1 Å². The maximum Gasteiger partial charge on any atom is 0.261 e. The summed E-state index contributed by atoms with van der Waals surface area (Å²) in [6.07, 6.45) is 1.73. The first-order valence-electron chi connectivity index (χ1n) is 9.97. The van der Waals surface area contributed by atoms with Gasteiger partial charge in [0, 0.05) is 10.8 Å². The zero-order valence-electron chi connectivity index (χ0n) is 17.0. The van der Waals surface area contributed by atoms with E-state index in [0.29, 0.717) is 16.5 Å². The molecule has 0 fully saturated rings. The van der Waals surface area contributed by atoms with Gasteiger partial charge in [-0.2, -0.15) is 0 Å². The number of aromatic hydroxyl groups is 1. The predicted octanol–water partition coefficient (Wildman–Crippen LogP) is 6.15. The molecule has 0 aliphatic carbocycles. The van der Waals surface area contributed by atoms with Crippen LogP contribution in [-0.2, 0) is 22.9 Å². The van der Waals surface area contributed by atoms with Gasteiger partial charge in [-0.25, -0.2) is 8.42 Å². The molecule has 4 aromatic rings. The van der Waals surface area contributed by atoms with E-state index in [0.717, 1.165) is 18.4 Å². The second kappa shape index (κ2) is 8.61. The van der Waals surface area contributed by atoms with Gasteiger partial charge in [0.25, 0.3) is 10.0 Å². The van der Waals surface area contributed by atoms with Crippen molar-refractivity contribution in [3.8, 4) is 5.75 Å². The van der Waals surface area contributed by atoms with Crippen molar-refractivity contribution in [1.82, 2.24) is 0 Å². The molecule has 0 bridgehead atoms.